The summed E-state index contributed by atoms with van der Waals surface area (Å²) in [6.45, 7) is -0.107. The van der Waals surface area contributed by atoms with E-state index in [1.807, 2.05) is 0 Å². The normalized spacial score (nSPS) is 21.1. The van der Waals surface area contributed by atoms with Crippen molar-refractivity contribution in [2.75, 3.05) is 19.5 Å². The number of rotatable bonds is 7. The Kier molecular flexibility index (Phi) is 6.02. The van der Waals surface area contributed by atoms with E-state index in [4.69, 9.17) is 13.9 Å². The molecule has 1 fully saturated rings. The largest absolute Gasteiger partial charge is 0.489 e. The van der Waals surface area contributed by atoms with Crippen molar-refractivity contribution in [3.63, 3.8) is 0 Å². The highest BCUT2D eigenvalue weighted by Gasteiger charge is 2.66. The van der Waals surface area contributed by atoms with Gasteiger partial charge in [0.2, 0.25) is 0 Å². The van der Waals surface area contributed by atoms with E-state index >= 15 is 0 Å². The molecule has 11 heteroatoms. The Hall–Kier alpha value is -4.09. The lowest BCUT2D eigenvalue weighted by atomic mass is 9.97. The lowest BCUT2D eigenvalue weighted by Crippen LogP contribution is -2.80. The van der Waals surface area contributed by atoms with Crippen molar-refractivity contribution in [2.45, 2.75) is 11.1 Å². The van der Waals surface area contributed by atoms with Crippen LogP contribution in [0.25, 0.3) is 11.0 Å². The van der Waals surface area contributed by atoms with Crippen molar-refractivity contribution in [1.82, 2.24) is 10.2 Å². The molecule has 2 unspecified atom stereocenters. The summed E-state index contributed by atoms with van der Waals surface area (Å²) >= 11 is 1.26. The minimum Gasteiger partial charge on any atom is -0.489 e. The number of methoxy groups -OCH3 is 1. The SMILES string of the molecule is COC1(NC(=O)c2ccccc2)C(=O)N2C(C(=O)O)=C(COc3ccc4ccc(=O)oc4c3)CSC21. The molecule has 2 atom stereocenters. The maximum atomic E-state index is 13.2. The van der Waals surface area contributed by atoms with Crippen molar-refractivity contribution in [3.05, 3.63) is 87.9 Å². The third-order valence-electron chi connectivity index (χ3n) is 5.98. The van der Waals surface area contributed by atoms with E-state index in [1.54, 1.807) is 54.6 Å². The fraction of sp³-hybridized carbons (Fsp3) is 0.200. The van der Waals surface area contributed by atoms with Gasteiger partial charge in [0.15, 0.2) is 0 Å². The second-order valence-electron chi connectivity index (χ2n) is 8.10. The van der Waals surface area contributed by atoms with Crippen LogP contribution >= 0.6 is 11.8 Å². The molecule has 0 aliphatic carbocycles. The van der Waals surface area contributed by atoms with Crippen LogP contribution in [0.2, 0.25) is 0 Å². The van der Waals surface area contributed by atoms with Crippen molar-refractivity contribution in [3.8, 4) is 5.75 Å². The molecule has 0 radical (unpaired) electrons. The number of hydrogen-bond acceptors (Lipinski definition) is 8. The van der Waals surface area contributed by atoms with Crippen LogP contribution in [0.5, 0.6) is 5.75 Å². The number of ether oxygens (including phenoxy) is 2. The molecular formula is C25H20N2O8S. The Labute approximate surface area is 208 Å². The maximum Gasteiger partial charge on any atom is 0.352 e. The molecule has 1 saturated heterocycles. The number of amides is 2. The van der Waals surface area contributed by atoms with E-state index in [9.17, 15) is 24.3 Å². The summed E-state index contributed by atoms with van der Waals surface area (Å²) in [6.07, 6.45) is 0. The van der Waals surface area contributed by atoms with Gasteiger partial charge in [-0.15, -0.1) is 11.8 Å². The van der Waals surface area contributed by atoms with Gasteiger partial charge in [-0.3, -0.25) is 14.5 Å². The van der Waals surface area contributed by atoms with E-state index in [1.165, 1.54) is 24.9 Å². The first-order chi connectivity index (χ1) is 17.3. The third-order valence-corrected chi connectivity index (χ3v) is 7.35. The summed E-state index contributed by atoms with van der Waals surface area (Å²) in [6, 6.07) is 16.2. The fourth-order valence-corrected chi connectivity index (χ4v) is 5.61. The average Bonchev–Trinajstić information content (AvgIpc) is 2.89. The minimum atomic E-state index is -1.69. The number of nitrogens with zero attached hydrogens (tertiary/aromatic N) is 1. The van der Waals surface area contributed by atoms with Crippen LogP contribution in [0.15, 0.2) is 81.1 Å². The van der Waals surface area contributed by atoms with Crippen LogP contribution in [0.4, 0.5) is 0 Å². The summed E-state index contributed by atoms with van der Waals surface area (Å²) in [5.41, 5.74) is -1.34. The smallest absolute Gasteiger partial charge is 0.352 e. The molecule has 5 rings (SSSR count). The number of nitrogens with one attached hydrogen (secondary N) is 1. The Morgan fingerprint density at radius 1 is 1.17 bits per heavy atom. The van der Waals surface area contributed by atoms with Crippen LogP contribution in [0.1, 0.15) is 10.4 Å². The van der Waals surface area contributed by atoms with E-state index in [0.717, 1.165) is 4.90 Å². The number of benzene rings is 2. The molecule has 3 aromatic rings. The molecule has 2 aromatic carbocycles. The lowest BCUT2D eigenvalue weighted by Gasteiger charge is -2.55. The second-order valence-corrected chi connectivity index (χ2v) is 9.17. The van der Waals surface area contributed by atoms with Gasteiger partial charge in [-0.2, -0.15) is 0 Å². The van der Waals surface area contributed by atoms with Crippen molar-refractivity contribution in [2.24, 2.45) is 0 Å². The van der Waals surface area contributed by atoms with Crippen LogP contribution in [-0.2, 0) is 14.3 Å². The van der Waals surface area contributed by atoms with Crippen molar-refractivity contribution in [1.29, 1.82) is 0 Å². The van der Waals surface area contributed by atoms with E-state index in [-0.39, 0.29) is 18.1 Å². The molecule has 2 aliphatic heterocycles. The molecule has 184 valence electrons. The molecular weight excluding hydrogens is 488 g/mol. The van der Waals surface area contributed by atoms with Gasteiger partial charge < -0.3 is 24.3 Å². The first-order valence-electron chi connectivity index (χ1n) is 10.8. The summed E-state index contributed by atoms with van der Waals surface area (Å²) in [5, 5.41) is 12.5. The number of carbonyl (C=O) groups is 3. The number of aliphatic carboxylic acids is 1. The van der Waals surface area contributed by atoms with E-state index in [2.05, 4.69) is 5.32 Å². The number of thioether (sulfide) groups is 1. The van der Waals surface area contributed by atoms with Crippen LogP contribution in [0, 0.1) is 0 Å². The molecule has 10 nitrogen and oxygen atoms in total. The molecule has 0 bridgehead atoms. The molecule has 1 aromatic heterocycles. The van der Waals surface area contributed by atoms with Gasteiger partial charge in [-0.1, -0.05) is 18.2 Å². The van der Waals surface area contributed by atoms with Gasteiger partial charge in [0.25, 0.3) is 17.5 Å². The van der Waals surface area contributed by atoms with E-state index < -0.39 is 34.5 Å². The molecule has 2 amide bonds. The molecule has 0 saturated carbocycles. The highest BCUT2D eigenvalue weighted by Crippen LogP contribution is 2.46. The van der Waals surface area contributed by atoms with Crippen molar-refractivity contribution < 1.29 is 33.4 Å². The standard InChI is InChI=1S/C25H20N2O8S/c1-33-25(26-21(29)15-5-3-2-4-6-15)23(32)27-20(22(30)31)16(13-36-24(25)27)12-34-17-9-7-14-8-10-19(28)35-18(14)11-17/h2-11,24H,12-13H2,1H3,(H,26,29)(H,30,31). The van der Waals surface area contributed by atoms with Crippen molar-refractivity contribution >= 4 is 40.5 Å². The molecule has 36 heavy (non-hydrogen) atoms. The number of carboxylic acids is 1. The van der Waals surface area contributed by atoms with Crippen LogP contribution in [-0.4, -0.2) is 58.4 Å². The first kappa shape index (κ1) is 23.6. The fourth-order valence-electron chi connectivity index (χ4n) is 4.19. The number of fused-ring (bicyclic) bond motifs is 2. The zero-order chi connectivity index (χ0) is 25.4. The van der Waals surface area contributed by atoms with Gasteiger partial charge in [0.05, 0.1) is 0 Å². The predicted octanol–water partition coefficient (Wildman–Crippen LogP) is 2.20. The van der Waals surface area contributed by atoms with Gasteiger partial charge >= 0.3 is 11.6 Å². The summed E-state index contributed by atoms with van der Waals surface area (Å²) < 4.78 is 16.4. The lowest BCUT2D eigenvalue weighted by molar-refractivity contribution is -0.188. The third kappa shape index (κ3) is 3.91. The summed E-state index contributed by atoms with van der Waals surface area (Å²) in [4.78, 5) is 50.7. The maximum absolute atomic E-state index is 13.2. The Morgan fingerprint density at radius 2 is 1.92 bits per heavy atom. The zero-order valence-electron chi connectivity index (χ0n) is 18.9. The quantitative estimate of drug-likeness (QED) is 0.280. The second kappa shape index (κ2) is 9.17. The predicted molar refractivity (Wildman–Crippen MR) is 129 cm³/mol. The Bertz CT molecular complexity index is 1470. The number of carboxylic acid groups (broad SMARTS) is 1. The molecule has 3 heterocycles. The van der Waals surface area contributed by atoms with Gasteiger partial charge in [-0.25, -0.2) is 9.59 Å². The Balaban J connectivity index is 1.38. The first-order valence-corrected chi connectivity index (χ1v) is 11.9. The average molecular weight is 509 g/mol. The summed E-state index contributed by atoms with van der Waals surface area (Å²) in [5.74, 6) is -1.89. The number of carbonyl (C=O) groups excluding carboxylic acids is 2. The summed E-state index contributed by atoms with van der Waals surface area (Å²) in [7, 11) is 1.29. The molecule has 2 aliphatic rings. The van der Waals surface area contributed by atoms with Gasteiger partial charge in [0.1, 0.15) is 29.0 Å². The van der Waals surface area contributed by atoms with Gasteiger partial charge in [-0.05, 0) is 30.3 Å². The van der Waals surface area contributed by atoms with Crippen LogP contribution < -0.4 is 15.7 Å². The topological polar surface area (TPSA) is 135 Å². The monoisotopic (exact) mass is 508 g/mol. The van der Waals surface area contributed by atoms with E-state index in [0.29, 0.717) is 27.9 Å². The zero-order valence-corrected chi connectivity index (χ0v) is 19.7. The minimum absolute atomic E-state index is 0.107. The number of hydrogen-bond donors (Lipinski definition) is 2. The Morgan fingerprint density at radius 3 is 2.64 bits per heavy atom. The highest BCUT2D eigenvalue weighted by atomic mass is 32.2. The highest BCUT2D eigenvalue weighted by molar-refractivity contribution is 8.00. The van der Waals surface area contributed by atoms with Crippen LogP contribution in [0.3, 0.4) is 0 Å². The number of β-lactam (4-membered cyclic amide) rings is 1. The van der Waals surface area contributed by atoms with Gasteiger partial charge in [0, 0.05) is 41.5 Å². The molecule has 0 spiro atoms. The molecule has 2 N–H and O–H groups in total.